The van der Waals surface area contributed by atoms with Crippen LogP contribution < -0.4 is 10.2 Å². The number of likely N-dealkylation sites (N-methyl/N-ethyl adjacent to an activating group) is 1. The van der Waals surface area contributed by atoms with E-state index in [1.807, 2.05) is 6.33 Å². The van der Waals surface area contributed by atoms with Crippen LogP contribution in [0.15, 0.2) is 6.33 Å². The first-order valence-electron chi connectivity index (χ1n) is 6.03. The van der Waals surface area contributed by atoms with E-state index < -0.39 is 0 Å². The number of nitrogens with one attached hydrogen (secondary N) is 1. The van der Waals surface area contributed by atoms with Crippen molar-refractivity contribution in [2.45, 2.75) is 13.1 Å². The number of nitrogens with zero attached hydrogens (tertiary/aromatic N) is 4. The van der Waals surface area contributed by atoms with Crippen LogP contribution in [-0.2, 0) is 13.1 Å². The maximum absolute atomic E-state index is 4.58. The molecule has 1 aromatic heterocycles. The first-order chi connectivity index (χ1) is 7.84. The molecule has 0 atom stereocenters. The molecular formula is C11H19N5. The summed E-state index contributed by atoms with van der Waals surface area (Å²) in [6, 6.07) is 0. The van der Waals surface area contributed by atoms with Gasteiger partial charge in [-0.2, -0.15) is 0 Å². The van der Waals surface area contributed by atoms with E-state index in [2.05, 4.69) is 31.7 Å². The van der Waals surface area contributed by atoms with E-state index in [0.29, 0.717) is 0 Å². The topological polar surface area (TPSA) is 36.3 Å². The predicted molar refractivity (Wildman–Crippen MR) is 63.6 cm³/mol. The van der Waals surface area contributed by atoms with Crippen molar-refractivity contribution in [1.82, 2.24) is 19.8 Å². The van der Waals surface area contributed by atoms with Gasteiger partial charge in [0.05, 0.1) is 12.0 Å². The second-order valence-corrected chi connectivity index (χ2v) is 4.68. The molecule has 0 bridgehead atoms. The lowest BCUT2D eigenvalue weighted by Gasteiger charge is -2.33. The molecule has 2 aliphatic heterocycles. The summed E-state index contributed by atoms with van der Waals surface area (Å²) in [5.74, 6) is 1.19. The molecule has 5 nitrogen and oxygen atoms in total. The molecule has 0 spiro atoms. The Balaban J connectivity index is 1.81. The summed E-state index contributed by atoms with van der Waals surface area (Å²) in [4.78, 5) is 9.36. The first-order valence-corrected chi connectivity index (χ1v) is 6.03. The molecule has 1 aromatic rings. The van der Waals surface area contributed by atoms with Gasteiger partial charge in [0, 0.05) is 45.8 Å². The van der Waals surface area contributed by atoms with Gasteiger partial charge in [-0.25, -0.2) is 4.98 Å². The van der Waals surface area contributed by atoms with Crippen LogP contribution in [0.5, 0.6) is 0 Å². The fourth-order valence-corrected chi connectivity index (χ4v) is 2.46. The van der Waals surface area contributed by atoms with Crippen LogP contribution in [0.3, 0.4) is 0 Å². The molecule has 5 heteroatoms. The lowest BCUT2D eigenvalue weighted by molar-refractivity contribution is 0.311. The SMILES string of the molecule is CN1CCN(c2ncn3c2CNCC3)CC1. The maximum atomic E-state index is 4.58. The second kappa shape index (κ2) is 4.07. The van der Waals surface area contributed by atoms with Crippen LogP contribution >= 0.6 is 0 Å². The molecular weight excluding hydrogens is 202 g/mol. The first kappa shape index (κ1) is 10.1. The Morgan fingerprint density at radius 3 is 2.81 bits per heavy atom. The number of rotatable bonds is 1. The number of fused-ring (bicyclic) bond motifs is 1. The smallest absolute Gasteiger partial charge is 0.151 e. The van der Waals surface area contributed by atoms with E-state index >= 15 is 0 Å². The summed E-state index contributed by atoms with van der Waals surface area (Å²) in [7, 11) is 2.18. The minimum absolute atomic E-state index is 0.960. The van der Waals surface area contributed by atoms with Crippen molar-refractivity contribution in [3.63, 3.8) is 0 Å². The van der Waals surface area contributed by atoms with Crippen molar-refractivity contribution in [3.05, 3.63) is 12.0 Å². The second-order valence-electron chi connectivity index (χ2n) is 4.68. The average molecular weight is 221 g/mol. The summed E-state index contributed by atoms with van der Waals surface area (Å²) in [6.45, 7) is 7.55. The summed E-state index contributed by atoms with van der Waals surface area (Å²) in [5.41, 5.74) is 1.36. The predicted octanol–water partition coefficient (Wildman–Crippen LogP) is -0.262. The number of hydrogen-bond donors (Lipinski definition) is 1. The van der Waals surface area contributed by atoms with Crippen LogP contribution in [0.2, 0.25) is 0 Å². The fraction of sp³-hybridized carbons (Fsp3) is 0.727. The van der Waals surface area contributed by atoms with E-state index in [-0.39, 0.29) is 0 Å². The van der Waals surface area contributed by atoms with Crippen molar-refractivity contribution < 1.29 is 0 Å². The summed E-state index contributed by atoms with van der Waals surface area (Å²) < 4.78 is 2.28. The molecule has 0 aromatic carbocycles. The molecule has 2 aliphatic rings. The zero-order chi connectivity index (χ0) is 11.0. The van der Waals surface area contributed by atoms with Crippen molar-refractivity contribution in [3.8, 4) is 0 Å². The Labute approximate surface area is 96.0 Å². The van der Waals surface area contributed by atoms with Crippen LogP contribution in [-0.4, -0.2) is 54.2 Å². The van der Waals surface area contributed by atoms with E-state index in [4.69, 9.17) is 0 Å². The Morgan fingerprint density at radius 2 is 2.00 bits per heavy atom. The Bertz CT molecular complexity index is 364. The van der Waals surface area contributed by atoms with Crippen molar-refractivity contribution in [2.24, 2.45) is 0 Å². The minimum atomic E-state index is 0.960. The third-order valence-corrected chi connectivity index (χ3v) is 3.55. The molecule has 3 heterocycles. The average Bonchev–Trinajstić information content (AvgIpc) is 2.74. The van der Waals surface area contributed by atoms with Crippen molar-refractivity contribution in [1.29, 1.82) is 0 Å². The number of hydrogen-bond acceptors (Lipinski definition) is 4. The molecule has 0 amide bonds. The van der Waals surface area contributed by atoms with Gasteiger partial charge in [0.25, 0.3) is 0 Å². The van der Waals surface area contributed by atoms with Gasteiger partial charge in [0.2, 0.25) is 0 Å². The quantitative estimate of drug-likeness (QED) is 0.709. The third-order valence-electron chi connectivity index (χ3n) is 3.55. The van der Waals surface area contributed by atoms with E-state index in [0.717, 1.165) is 45.8 Å². The van der Waals surface area contributed by atoms with Gasteiger partial charge in [-0.15, -0.1) is 0 Å². The molecule has 0 aliphatic carbocycles. The van der Waals surface area contributed by atoms with Gasteiger partial charge in [0.15, 0.2) is 5.82 Å². The number of anilines is 1. The van der Waals surface area contributed by atoms with Gasteiger partial charge in [0.1, 0.15) is 0 Å². The summed E-state index contributed by atoms with van der Waals surface area (Å²) in [5, 5.41) is 3.42. The molecule has 1 N–H and O–H groups in total. The molecule has 3 rings (SSSR count). The van der Waals surface area contributed by atoms with Crippen molar-refractivity contribution >= 4 is 5.82 Å². The highest BCUT2D eigenvalue weighted by Crippen LogP contribution is 2.21. The van der Waals surface area contributed by atoms with Gasteiger partial charge in [-0.1, -0.05) is 0 Å². The zero-order valence-corrected chi connectivity index (χ0v) is 9.82. The van der Waals surface area contributed by atoms with Crippen LogP contribution in [0, 0.1) is 0 Å². The molecule has 16 heavy (non-hydrogen) atoms. The largest absolute Gasteiger partial charge is 0.353 e. The minimum Gasteiger partial charge on any atom is -0.353 e. The van der Waals surface area contributed by atoms with Gasteiger partial charge in [-0.05, 0) is 7.05 Å². The Kier molecular flexibility index (Phi) is 2.57. The van der Waals surface area contributed by atoms with Crippen LogP contribution in [0.1, 0.15) is 5.69 Å². The number of piperazine rings is 1. The monoisotopic (exact) mass is 221 g/mol. The van der Waals surface area contributed by atoms with Crippen molar-refractivity contribution in [2.75, 3.05) is 44.7 Å². The van der Waals surface area contributed by atoms with E-state index in [1.54, 1.807) is 0 Å². The lowest BCUT2D eigenvalue weighted by Crippen LogP contribution is -2.45. The van der Waals surface area contributed by atoms with Crippen LogP contribution in [0.25, 0.3) is 0 Å². The molecule has 88 valence electrons. The molecule has 0 radical (unpaired) electrons. The molecule has 1 fully saturated rings. The highest BCUT2D eigenvalue weighted by atomic mass is 15.3. The number of aromatic nitrogens is 2. The normalized spacial score (nSPS) is 22.2. The fourth-order valence-electron chi connectivity index (χ4n) is 2.46. The van der Waals surface area contributed by atoms with E-state index in [1.165, 1.54) is 11.5 Å². The lowest BCUT2D eigenvalue weighted by atomic mass is 10.3. The van der Waals surface area contributed by atoms with E-state index in [9.17, 15) is 0 Å². The third kappa shape index (κ3) is 1.70. The highest BCUT2D eigenvalue weighted by molar-refractivity contribution is 5.45. The molecule has 0 unspecified atom stereocenters. The van der Waals surface area contributed by atoms with Gasteiger partial charge < -0.3 is 19.7 Å². The Hall–Kier alpha value is -1.07. The van der Waals surface area contributed by atoms with Gasteiger partial charge >= 0.3 is 0 Å². The standard InChI is InChI=1S/C11H19N5/c1-14-4-6-15(7-5-14)11-10-8-12-2-3-16(10)9-13-11/h9,12H,2-8H2,1H3. The molecule has 0 saturated carbocycles. The zero-order valence-electron chi connectivity index (χ0n) is 9.82. The molecule has 1 saturated heterocycles. The highest BCUT2D eigenvalue weighted by Gasteiger charge is 2.21. The Morgan fingerprint density at radius 1 is 1.19 bits per heavy atom. The van der Waals surface area contributed by atoms with Gasteiger partial charge in [-0.3, -0.25) is 0 Å². The summed E-state index contributed by atoms with van der Waals surface area (Å²) in [6.07, 6.45) is 1.99. The van der Waals surface area contributed by atoms with Crippen LogP contribution in [0.4, 0.5) is 5.82 Å². The summed E-state index contributed by atoms with van der Waals surface area (Å²) >= 11 is 0. The number of imidazole rings is 1. The maximum Gasteiger partial charge on any atom is 0.151 e.